The lowest BCUT2D eigenvalue weighted by molar-refractivity contribution is -0.143. The van der Waals surface area contributed by atoms with Crippen LogP contribution in [0, 0.1) is 34.6 Å². The molecule has 2 aromatic rings. The van der Waals surface area contributed by atoms with E-state index in [0.29, 0.717) is 0 Å². The van der Waals surface area contributed by atoms with Crippen molar-refractivity contribution in [3.8, 4) is 11.8 Å². The highest BCUT2D eigenvalue weighted by Gasteiger charge is 2.42. The monoisotopic (exact) mass is 391 g/mol. The lowest BCUT2D eigenvalue weighted by Crippen LogP contribution is -2.16. The molecule has 0 unspecified atom stereocenters. The van der Waals surface area contributed by atoms with E-state index < -0.39 is 40.7 Å². The zero-order valence-electron chi connectivity index (χ0n) is 13.0. The van der Waals surface area contributed by atoms with Crippen molar-refractivity contribution < 1.29 is 35.5 Å². The third-order valence-electron chi connectivity index (χ3n) is 3.14. The summed E-state index contributed by atoms with van der Waals surface area (Å²) in [5.74, 6) is -9.61. The molecule has 4 nitrogen and oxygen atoms in total. The second-order valence-corrected chi connectivity index (χ2v) is 4.86. The first-order chi connectivity index (χ1) is 12.7. The van der Waals surface area contributed by atoms with E-state index in [9.17, 15) is 30.7 Å². The average Bonchev–Trinajstić information content (AvgIpc) is 2.61. The summed E-state index contributed by atoms with van der Waals surface area (Å²) in [6.45, 7) is -0.309. The van der Waals surface area contributed by atoms with Gasteiger partial charge in [0.25, 0.3) is 0 Å². The van der Waals surface area contributed by atoms with E-state index in [1.165, 1.54) is 18.2 Å². The molecule has 0 aliphatic rings. The van der Waals surface area contributed by atoms with Gasteiger partial charge in [-0.05, 0) is 12.1 Å². The van der Waals surface area contributed by atoms with Crippen LogP contribution in [0.15, 0.2) is 29.4 Å². The van der Waals surface area contributed by atoms with Gasteiger partial charge in [-0.1, -0.05) is 12.1 Å². The number of hydrazone groups is 1. The van der Waals surface area contributed by atoms with Crippen LogP contribution in [0.25, 0.3) is 0 Å². The van der Waals surface area contributed by atoms with Crippen molar-refractivity contribution >= 4 is 11.9 Å². The summed E-state index contributed by atoms with van der Waals surface area (Å²) >= 11 is 0. The maximum atomic E-state index is 13.7. The molecule has 0 atom stereocenters. The Morgan fingerprint density at radius 2 is 1.63 bits per heavy atom. The van der Waals surface area contributed by atoms with Gasteiger partial charge < -0.3 is 4.74 Å². The van der Waals surface area contributed by atoms with Crippen LogP contribution < -0.4 is 10.2 Å². The second kappa shape index (κ2) is 7.94. The van der Waals surface area contributed by atoms with Gasteiger partial charge in [-0.25, -0.2) is 17.6 Å². The Balaban J connectivity index is 2.35. The minimum absolute atomic E-state index is 0.162. The number of nitriles is 1. The van der Waals surface area contributed by atoms with Gasteiger partial charge in [0.05, 0.1) is 6.21 Å². The van der Waals surface area contributed by atoms with Gasteiger partial charge in [0.15, 0.2) is 29.9 Å². The van der Waals surface area contributed by atoms with Gasteiger partial charge in [-0.3, -0.25) is 5.43 Å². The minimum atomic E-state index is -5.63. The van der Waals surface area contributed by atoms with Crippen LogP contribution in [-0.4, -0.2) is 12.8 Å². The maximum absolute atomic E-state index is 13.7. The van der Waals surface area contributed by atoms with E-state index in [4.69, 9.17) is 10.00 Å². The fourth-order valence-electron chi connectivity index (χ4n) is 1.97. The molecular formula is C16H8F7N3O. The van der Waals surface area contributed by atoms with Crippen molar-refractivity contribution in [2.24, 2.45) is 5.10 Å². The van der Waals surface area contributed by atoms with Crippen LogP contribution in [-0.2, 0) is 6.18 Å². The van der Waals surface area contributed by atoms with Crippen LogP contribution in [0.5, 0.6) is 5.75 Å². The number of ether oxygens (including phenoxy) is 1. The fraction of sp³-hybridized carbons (Fsp3) is 0.125. The highest BCUT2D eigenvalue weighted by Crippen LogP contribution is 2.38. The standard InChI is InChI=1S/C16H8F7N3O/c17-11-10(16(21,22)23)12(18)14(20)15(13(11)19)26-25-7-8-3-1-2-4-9(8)27-6-5-24/h1-4,7,26H,6H2/b25-7-. The molecule has 2 aromatic carbocycles. The van der Waals surface area contributed by atoms with Crippen molar-refractivity contribution in [3.05, 3.63) is 58.7 Å². The summed E-state index contributed by atoms with van der Waals surface area (Å²) in [6.07, 6.45) is -4.70. The molecule has 0 saturated carbocycles. The molecule has 0 spiro atoms. The number of anilines is 1. The number of alkyl halides is 3. The predicted molar refractivity (Wildman–Crippen MR) is 80.0 cm³/mol. The van der Waals surface area contributed by atoms with Gasteiger partial charge in [0.2, 0.25) is 0 Å². The number of hydrogen-bond acceptors (Lipinski definition) is 4. The lowest BCUT2D eigenvalue weighted by Gasteiger charge is -2.13. The van der Waals surface area contributed by atoms with Crippen molar-refractivity contribution in [2.75, 3.05) is 12.0 Å². The molecule has 142 valence electrons. The first-order valence-corrected chi connectivity index (χ1v) is 6.99. The van der Waals surface area contributed by atoms with Crippen LogP contribution in [0.4, 0.5) is 36.4 Å². The Bertz CT molecular complexity index is 890. The zero-order valence-corrected chi connectivity index (χ0v) is 13.0. The number of rotatable bonds is 5. The van der Waals surface area contributed by atoms with Crippen LogP contribution in [0.3, 0.4) is 0 Å². The van der Waals surface area contributed by atoms with Gasteiger partial charge in [-0.15, -0.1) is 0 Å². The molecule has 0 aliphatic heterocycles. The zero-order chi connectivity index (χ0) is 20.2. The summed E-state index contributed by atoms with van der Waals surface area (Å²) in [6, 6.07) is 7.66. The Hall–Kier alpha value is -3.29. The smallest absolute Gasteiger partial charge is 0.422 e. The van der Waals surface area contributed by atoms with Crippen molar-refractivity contribution in [1.82, 2.24) is 0 Å². The summed E-state index contributed by atoms with van der Waals surface area (Å²) in [5, 5.41) is 11.8. The molecule has 0 amide bonds. The second-order valence-electron chi connectivity index (χ2n) is 4.86. The van der Waals surface area contributed by atoms with Gasteiger partial charge >= 0.3 is 6.18 Å². The number of benzene rings is 2. The summed E-state index contributed by atoms with van der Waals surface area (Å²) in [5.41, 5.74) is -2.37. The van der Waals surface area contributed by atoms with Gasteiger partial charge in [0.1, 0.15) is 23.1 Å². The van der Waals surface area contributed by atoms with E-state index in [2.05, 4.69) is 5.10 Å². The largest absolute Gasteiger partial charge is 0.478 e. The van der Waals surface area contributed by atoms with Crippen LogP contribution in [0.2, 0.25) is 0 Å². The highest BCUT2D eigenvalue weighted by molar-refractivity contribution is 5.84. The van der Waals surface area contributed by atoms with Gasteiger partial charge in [-0.2, -0.15) is 23.5 Å². The minimum Gasteiger partial charge on any atom is -0.478 e. The molecule has 0 heterocycles. The topological polar surface area (TPSA) is 57.4 Å². The van der Waals surface area contributed by atoms with E-state index in [1.54, 1.807) is 17.6 Å². The number of nitrogens with zero attached hydrogens (tertiary/aromatic N) is 2. The van der Waals surface area contributed by atoms with Crippen molar-refractivity contribution in [2.45, 2.75) is 6.18 Å². The van der Waals surface area contributed by atoms with E-state index in [1.807, 2.05) is 0 Å². The normalized spacial score (nSPS) is 11.5. The molecule has 11 heteroatoms. The van der Waals surface area contributed by atoms with E-state index >= 15 is 0 Å². The first kappa shape index (κ1) is 20.0. The molecule has 2 rings (SSSR count). The lowest BCUT2D eigenvalue weighted by atomic mass is 10.1. The Morgan fingerprint density at radius 3 is 2.19 bits per heavy atom. The molecular weight excluding hydrogens is 383 g/mol. The average molecular weight is 391 g/mol. The first-order valence-electron chi connectivity index (χ1n) is 6.99. The summed E-state index contributed by atoms with van der Waals surface area (Å²) in [7, 11) is 0. The van der Waals surface area contributed by atoms with Crippen LogP contribution in [0.1, 0.15) is 11.1 Å². The van der Waals surface area contributed by atoms with Crippen molar-refractivity contribution in [1.29, 1.82) is 5.26 Å². The molecule has 27 heavy (non-hydrogen) atoms. The maximum Gasteiger partial charge on any atom is 0.422 e. The van der Waals surface area contributed by atoms with Crippen molar-refractivity contribution in [3.63, 3.8) is 0 Å². The highest BCUT2D eigenvalue weighted by atomic mass is 19.4. The quantitative estimate of drug-likeness (QED) is 0.351. The van der Waals surface area contributed by atoms with Crippen LogP contribution >= 0.6 is 0 Å². The molecule has 0 saturated heterocycles. The SMILES string of the molecule is N#CCOc1ccccc1/C=N\Nc1c(F)c(F)c(C(F)(F)F)c(F)c1F. The van der Waals surface area contributed by atoms with Gasteiger partial charge in [0, 0.05) is 5.56 Å². The molecule has 0 radical (unpaired) electrons. The molecule has 0 fully saturated rings. The third-order valence-corrected chi connectivity index (χ3v) is 3.14. The molecule has 0 aromatic heterocycles. The number of hydrogen-bond donors (Lipinski definition) is 1. The number of nitrogens with one attached hydrogen (secondary N) is 1. The molecule has 0 bridgehead atoms. The molecule has 0 aliphatic carbocycles. The summed E-state index contributed by atoms with van der Waals surface area (Å²) in [4.78, 5) is 0. The van der Waals surface area contributed by atoms with E-state index in [-0.39, 0.29) is 17.9 Å². The Labute approximate surface area is 147 Å². The third kappa shape index (κ3) is 4.28. The summed E-state index contributed by atoms with van der Waals surface area (Å²) < 4.78 is 97.1. The Kier molecular flexibility index (Phi) is 5.89. The number of para-hydroxylation sites is 1. The van der Waals surface area contributed by atoms with E-state index in [0.717, 1.165) is 6.21 Å². The Morgan fingerprint density at radius 1 is 1.04 bits per heavy atom. The molecule has 1 N–H and O–H groups in total. The fourth-order valence-corrected chi connectivity index (χ4v) is 1.97. The predicted octanol–water partition coefficient (Wildman–Crippen LogP) is 4.61. The number of halogens is 7.